The number of carbonyl (C=O) groups is 1. The molecule has 1 aliphatic rings. The Balaban J connectivity index is 2.38. The van der Waals surface area contributed by atoms with E-state index < -0.39 is 29.8 Å². The number of alkyl halides is 2. The first-order valence-electron chi connectivity index (χ1n) is 6.25. The summed E-state index contributed by atoms with van der Waals surface area (Å²) >= 11 is 0. The number of hydrogen-bond donors (Lipinski definition) is 2. The van der Waals surface area contributed by atoms with Crippen molar-refractivity contribution in [3.8, 4) is 0 Å². The topological polar surface area (TPSA) is 57.5 Å². The fourth-order valence-electron chi connectivity index (χ4n) is 2.75. The van der Waals surface area contributed by atoms with E-state index >= 15 is 0 Å². The molecule has 0 aromatic heterocycles. The van der Waals surface area contributed by atoms with E-state index in [0.717, 1.165) is 0 Å². The summed E-state index contributed by atoms with van der Waals surface area (Å²) in [5, 5.41) is 19.8. The quantitative estimate of drug-likeness (QED) is 0.888. The molecular formula is C14H16F2O3. The molecule has 2 N–H and O–H groups in total. The maximum atomic E-state index is 13.5. The Hall–Kier alpha value is -1.49. The second-order valence-electron chi connectivity index (χ2n) is 5.09. The van der Waals surface area contributed by atoms with E-state index in [2.05, 4.69) is 0 Å². The van der Waals surface area contributed by atoms with E-state index in [1.165, 1.54) is 12.1 Å². The summed E-state index contributed by atoms with van der Waals surface area (Å²) in [6.07, 6.45) is -0.327. The average molecular weight is 270 g/mol. The molecule has 2 unspecified atom stereocenters. The molecule has 2 atom stereocenters. The van der Waals surface area contributed by atoms with Crippen LogP contribution in [0.1, 0.15) is 31.2 Å². The smallest absolute Gasteiger partial charge is 0.340 e. The first-order valence-corrected chi connectivity index (χ1v) is 6.25. The van der Waals surface area contributed by atoms with Gasteiger partial charge in [-0.2, -0.15) is 0 Å². The maximum absolute atomic E-state index is 13.5. The standard InChI is InChI=1S/C14H16F2O3/c15-13(16)8-4-7-11(9-13)14(19,12(17)18)10-5-2-1-3-6-10/h1-3,5-6,11,19H,4,7-9H2,(H,17,18). The lowest BCUT2D eigenvalue weighted by Crippen LogP contribution is -2.46. The number of benzene rings is 1. The monoisotopic (exact) mass is 270 g/mol. The molecule has 2 rings (SSSR count). The molecule has 19 heavy (non-hydrogen) atoms. The van der Waals surface area contributed by atoms with Crippen molar-refractivity contribution in [3.05, 3.63) is 35.9 Å². The van der Waals surface area contributed by atoms with Gasteiger partial charge in [0.1, 0.15) is 0 Å². The second kappa shape index (κ2) is 4.89. The molecule has 5 heteroatoms. The Morgan fingerprint density at radius 2 is 1.95 bits per heavy atom. The predicted octanol–water partition coefficient (Wildman–Crippen LogP) is 2.78. The number of hydrogen-bond acceptors (Lipinski definition) is 2. The highest BCUT2D eigenvalue weighted by molar-refractivity contribution is 5.79. The predicted molar refractivity (Wildman–Crippen MR) is 64.9 cm³/mol. The van der Waals surface area contributed by atoms with Crippen molar-refractivity contribution in [2.45, 2.75) is 37.2 Å². The van der Waals surface area contributed by atoms with Gasteiger partial charge < -0.3 is 10.2 Å². The number of aliphatic hydroxyl groups is 1. The van der Waals surface area contributed by atoms with E-state index in [9.17, 15) is 23.8 Å². The van der Waals surface area contributed by atoms with E-state index in [1.807, 2.05) is 0 Å². The van der Waals surface area contributed by atoms with E-state index in [1.54, 1.807) is 18.2 Å². The molecule has 104 valence electrons. The second-order valence-corrected chi connectivity index (χ2v) is 5.09. The summed E-state index contributed by atoms with van der Waals surface area (Å²) in [7, 11) is 0. The minimum atomic E-state index is -2.90. The lowest BCUT2D eigenvalue weighted by atomic mass is 9.72. The van der Waals surface area contributed by atoms with Crippen LogP contribution >= 0.6 is 0 Å². The Kier molecular flexibility index (Phi) is 3.58. The van der Waals surface area contributed by atoms with Crippen LogP contribution < -0.4 is 0 Å². The van der Waals surface area contributed by atoms with Gasteiger partial charge in [0.05, 0.1) is 0 Å². The van der Waals surface area contributed by atoms with Crippen LogP contribution in [-0.4, -0.2) is 22.1 Å². The molecule has 0 spiro atoms. The third-order valence-electron chi connectivity index (χ3n) is 3.77. The highest BCUT2D eigenvalue weighted by Crippen LogP contribution is 2.45. The summed E-state index contributed by atoms with van der Waals surface area (Å²) in [6.45, 7) is 0. The fraction of sp³-hybridized carbons (Fsp3) is 0.500. The highest BCUT2D eigenvalue weighted by Gasteiger charge is 2.51. The van der Waals surface area contributed by atoms with Gasteiger partial charge in [0.2, 0.25) is 5.92 Å². The Morgan fingerprint density at radius 1 is 1.32 bits per heavy atom. The van der Waals surface area contributed by atoms with Crippen molar-refractivity contribution in [2.75, 3.05) is 0 Å². The normalized spacial score (nSPS) is 25.5. The minimum absolute atomic E-state index is 0.158. The number of halogens is 2. The van der Waals surface area contributed by atoms with Gasteiger partial charge in [-0.1, -0.05) is 30.3 Å². The molecule has 0 saturated heterocycles. The Labute approximate surface area is 109 Å². The van der Waals surface area contributed by atoms with Crippen LogP contribution in [0.5, 0.6) is 0 Å². The van der Waals surface area contributed by atoms with E-state index in [0.29, 0.717) is 0 Å². The maximum Gasteiger partial charge on any atom is 0.340 e. The molecule has 0 amide bonds. The van der Waals surface area contributed by atoms with Gasteiger partial charge in [-0.05, 0) is 18.4 Å². The van der Waals surface area contributed by atoms with E-state index in [-0.39, 0.29) is 24.8 Å². The Morgan fingerprint density at radius 3 is 2.47 bits per heavy atom. The van der Waals surface area contributed by atoms with Gasteiger partial charge in [0.15, 0.2) is 5.60 Å². The lowest BCUT2D eigenvalue weighted by molar-refractivity contribution is -0.175. The van der Waals surface area contributed by atoms with Crippen LogP contribution in [0.25, 0.3) is 0 Å². The molecule has 1 aromatic carbocycles. The van der Waals surface area contributed by atoms with Crippen molar-refractivity contribution >= 4 is 5.97 Å². The molecule has 0 radical (unpaired) electrons. The third-order valence-corrected chi connectivity index (χ3v) is 3.77. The third kappa shape index (κ3) is 2.61. The van der Waals surface area contributed by atoms with Crippen molar-refractivity contribution in [1.29, 1.82) is 0 Å². The SMILES string of the molecule is O=C(O)C(O)(c1ccccc1)C1CCCC(F)(F)C1. The van der Waals surface area contributed by atoms with Crippen molar-refractivity contribution in [2.24, 2.45) is 5.92 Å². The van der Waals surface area contributed by atoms with Crippen LogP contribution in [0.3, 0.4) is 0 Å². The van der Waals surface area contributed by atoms with Gasteiger partial charge in [-0.25, -0.2) is 13.6 Å². The first kappa shape index (κ1) is 13.9. The van der Waals surface area contributed by atoms with Crippen molar-refractivity contribution < 1.29 is 23.8 Å². The van der Waals surface area contributed by atoms with Crippen LogP contribution in [0, 0.1) is 5.92 Å². The van der Waals surface area contributed by atoms with Crippen LogP contribution in [0.4, 0.5) is 8.78 Å². The summed E-state index contributed by atoms with van der Waals surface area (Å²) in [5.74, 6) is -5.35. The Bertz CT molecular complexity index is 461. The average Bonchev–Trinajstić information content (AvgIpc) is 2.37. The summed E-state index contributed by atoms with van der Waals surface area (Å²) in [6, 6.07) is 7.78. The minimum Gasteiger partial charge on any atom is -0.479 e. The van der Waals surface area contributed by atoms with Crippen molar-refractivity contribution in [3.63, 3.8) is 0 Å². The zero-order valence-corrected chi connectivity index (χ0v) is 10.4. The molecule has 1 aromatic rings. The largest absolute Gasteiger partial charge is 0.479 e. The molecule has 1 saturated carbocycles. The van der Waals surface area contributed by atoms with Gasteiger partial charge in [0, 0.05) is 18.8 Å². The highest BCUT2D eigenvalue weighted by atomic mass is 19.3. The summed E-state index contributed by atoms with van der Waals surface area (Å²) in [5.41, 5.74) is -2.09. The lowest BCUT2D eigenvalue weighted by Gasteiger charge is -2.38. The molecule has 3 nitrogen and oxygen atoms in total. The van der Waals surface area contributed by atoms with E-state index in [4.69, 9.17) is 0 Å². The van der Waals surface area contributed by atoms with Crippen LogP contribution in [0.15, 0.2) is 30.3 Å². The van der Waals surface area contributed by atoms with Crippen molar-refractivity contribution in [1.82, 2.24) is 0 Å². The molecule has 0 aliphatic heterocycles. The number of aliphatic carboxylic acids is 1. The van der Waals surface area contributed by atoms with Gasteiger partial charge in [-0.15, -0.1) is 0 Å². The summed E-state index contributed by atoms with van der Waals surface area (Å²) in [4.78, 5) is 11.4. The number of carboxylic acid groups (broad SMARTS) is 1. The molecule has 1 fully saturated rings. The molecular weight excluding hydrogens is 254 g/mol. The molecule has 0 heterocycles. The van der Waals surface area contributed by atoms with Crippen LogP contribution in [0.2, 0.25) is 0 Å². The molecule has 0 bridgehead atoms. The number of carboxylic acids is 1. The summed E-state index contributed by atoms with van der Waals surface area (Å²) < 4.78 is 26.9. The van der Waals surface area contributed by atoms with Gasteiger partial charge in [-0.3, -0.25) is 0 Å². The fourth-order valence-corrected chi connectivity index (χ4v) is 2.75. The first-order chi connectivity index (χ1) is 8.86. The zero-order chi connectivity index (χ0) is 14.1. The molecule has 1 aliphatic carbocycles. The zero-order valence-electron chi connectivity index (χ0n) is 10.4. The van der Waals surface area contributed by atoms with Gasteiger partial charge in [0.25, 0.3) is 0 Å². The van der Waals surface area contributed by atoms with Crippen LogP contribution in [-0.2, 0) is 10.4 Å². The number of rotatable bonds is 3. The van der Waals surface area contributed by atoms with Gasteiger partial charge >= 0.3 is 5.97 Å².